The molecule has 0 aliphatic heterocycles. The molecule has 1 aromatic carbocycles. The third-order valence-electron chi connectivity index (χ3n) is 2.03. The lowest BCUT2D eigenvalue weighted by Crippen LogP contribution is -2.03. The van der Waals surface area contributed by atoms with Gasteiger partial charge in [-0.15, -0.1) is 0 Å². The van der Waals surface area contributed by atoms with Crippen LogP contribution in [0.25, 0.3) is 0 Å². The zero-order chi connectivity index (χ0) is 9.84. The van der Waals surface area contributed by atoms with Crippen LogP contribution in [0.3, 0.4) is 0 Å². The van der Waals surface area contributed by atoms with Crippen LogP contribution in [0, 0.1) is 18.7 Å². The minimum absolute atomic E-state index is 0.0848. The van der Waals surface area contributed by atoms with Crippen molar-refractivity contribution in [3.05, 3.63) is 35.1 Å². The molecular weight excluding hydrogens is 231 g/mol. The number of benzene rings is 1. The molecule has 1 atom stereocenters. The lowest BCUT2D eigenvalue weighted by molar-refractivity contribution is 0.578. The molecule has 0 heterocycles. The molecule has 0 bridgehead atoms. The normalized spacial score (nSPS) is 12.9. The minimum Gasteiger partial charge on any atom is -0.207 e. The maximum absolute atomic E-state index is 13.3. The second-order valence-electron chi connectivity index (χ2n) is 3.56. The molecule has 0 fully saturated rings. The van der Waals surface area contributed by atoms with Gasteiger partial charge in [-0.2, -0.15) is 0 Å². The number of rotatable bonds is 3. The van der Waals surface area contributed by atoms with Gasteiger partial charge in [0.25, 0.3) is 0 Å². The van der Waals surface area contributed by atoms with Gasteiger partial charge in [-0.1, -0.05) is 40.5 Å². The van der Waals surface area contributed by atoms with Gasteiger partial charge in [0.2, 0.25) is 0 Å². The molecule has 0 saturated heterocycles. The fourth-order valence-electron chi connectivity index (χ4n) is 1.29. The fourth-order valence-corrected chi connectivity index (χ4v) is 1.52. The van der Waals surface area contributed by atoms with E-state index in [1.54, 1.807) is 12.1 Å². The molecule has 72 valence electrons. The van der Waals surface area contributed by atoms with E-state index >= 15 is 0 Å². The van der Waals surface area contributed by atoms with Crippen molar-refractivity contribution in [2.45, 2.75) is 20.3 Å². The van der Waals surface area contributed by atoms with E-state index in [4.69, 9.17) is 0 Å². The number of alkyl halides is 1. The Kier molecular flexibility index (Phi) is 3.91. The summed E-state index contributed by atoms with van der Waals surface area (Å²) in [4.78, 5) is 0. The molecule has 0 spiro atoms. The SMILES string of the molecule is Cc1ccc(F)c(CC(C)CBr)c1. The fraction of sp³-hybridized carbons (Fsp3) is 0.455. The first-order chi connectivity index (χ1) is 6.13. The molecule has 2 heteroatoms. The first-order valence-corrected chi connectivity index (χ1v) is 5.56. The lowest BCUT2D eigenvalue weighted by Gasteiger charge is -2.08. The monoisotopic (exact) mass is 244 g/mol. The molecule has 0 nitrogen and oxygen atoms in total. The molecule has 0 aliphatic rings. The molecule has 1 aromatic rings. The van der Waals surface area contributed by atoms with Crippen molar-refractivity contribution in [3.8, 4) is 0 Å². The molecule has 0 radical (unpaired) electrons. The smallest absolute Gasteiger partial charge is 0.126 e. The molecule has 0 aromatic heterocycles. The van der Waals surface area contributed by atoms with Gasteiger partial charge in [0, 0.05) is 5.33 Å². The third-order valence-corrected chi connectivity index (χ3v) is 3.14. The molecule has 1 rings (SSSR count). The van der Waals surface area contributed by atoms with E-state index in [1.165, 1.54) is 0 Å². The number of hydrogen-bond acceptors (Lipinski definition) is 0. The van der Waals surface area contributed by atoms with Crippen molar-refractivity contribution in [2.75, 3.05) is 5.33 Å². The van der Waals surface area contributed by atoms with Crippen LogP contribution < -0.4 is 0 Å². The number of halogens is 2. The maximum Gasteiger partial charge on any atom is 0.126 e. The first kappa shape index (κ1) is 10.7. The van der Waals surface area contributed by atoms with E-state index in [1.807, 2.05) is 13.0 Å². The highest BCUT2D eigenvalue weighted by atomic mass is 79.9. The first-order valence-electron chi connectivity index (χ1n) is 4.44. The molecule has 0 amide bonds. The summed E-state index contributed by atoms with van der Waals surface area (Å²) < 4.78 is 13.3. The summed E-state index contributed by atoms with van der Waals surface area (Å²) in [5.41, 5.74) is 1.95. The van der Waals surface area contributed by atoms with Gasteiger partial charge >= 0.3 is 0 Å². The second-order valence-corrected chi connectivity index (χ2v) is 4.21. The van der Waals surface area contributed by atoms with Gasteiger partial charge in [0.15, 0.2) is 0 Å². The summed E-state index contributed by atoms with van der Waals surface area (Å²) in [5, 5.41) is 0.917. The molecule has 13 heavy (non-hydrogen) atoms. The van der Waals surface area contributed by atoms with E-state index < -0.39 is 0 Å². The Morgan fingerprint density at radius 1 is 1.46 bits per heavy atom. The van der Waals surface area contributed by atoms with E-state index in [9.17, 15) is 4.39 Å². The van der Waals surface area contributed by atoms with Crippen molar-refractivity contribution in [1.82, 2.24) is 0 Å². The summed E-state index contributed by atoms with van der Waals surface area (Å²) in [6, 6.07) is 5.28. The van der Waals surface area contributed by atoms with Crippen LogP contribution >= 0.6 is 15.9 Å². The van der Waals surface area contributed by atoms with Crippen LogP contribution in [-0.4, -0.2) is 5.33 Å². The second kappa shape index (κ2) is 4.75. The zero-order valence-electron chi connectivity index (χ0n) is 7.98. The highest BCUT2D eigenvalue weighted by Crippen LogP contribution is 2.15. The Morgan fingerprint density at radius 2 is 2.15 bits per heavy atom. The zero-order valence-corrected chi connectivity index (χ0v) is 9.57. The Labute approximate surface area is 87.3 Å². The standard InChI is InChI=1S/C11H14BrF/c1-8-3-4-11(13)10(5-8)6-9(2)7-12/h3-5,9H,6-7H2,1-2H3. The number of aryl methyl sites for hydroxylation is 1. The summed E-state index contributed by atoms with van der Waals surface area (Å²) in [6.45, 7) is 4.10. The summed E-state index contributed by atoms with van der Waals surface area (Å²) in [7, 11) is 0. The van der Waals surface area contributed by atoms with Gasteiger partial charge in [-0.25, -0.2) is 4.39 Å². The van der Waals surface area contributed by atoms with Crippen molar-refractivity contribution < 1.29 is 4.39 Å². The van der Waals surface area contributed by atoms with Crippen LogP contribution in [0.1, 0.15) is 18.1 Å². The Morgan fingerprint density at radius 3 is 2.77 bits per heavy atom. The predicted molar refractivity (Wildman–Crippen MR) is 57.8 cm³/mol. The van der Waals surface area contributed by atoms with Gasteiger partial charge in [-0.3, -0.25) is 0 Å². The van der Waals surface area contributed by atoms with E-state index in [0.717, 1.165) is 22.9 Å². The van der Waals surface area contributed by atoms with Crippen LogP contribution in [0.15, 0.2) is 18.2 Å². The summed E-state index contributed by atoms with van der Waals surface area (Å²) >= 11 is 3.39. The van der Waals surface area contributed by atoms with Gasteiger partial charge in [0.05, 0.1) is 0 Å². The number of hydrogen-bond donors (Lipinski definition) is 0. The Balaban J connectivity index is 2.81. The van der Waals surface area contributed by atoms with Crippen LogP contribution in [0.4, 0.5) is 4.39 Å². The van der Waals surface area contributed by atoms with E-state index in [0.29, 0.717) is 5.92 Å². The van der Waals surface area contributed by atoms with Crippen LogP contribution in [0.2, 0.25) is 0 Å². The third kappa shape index (κ3) is 3.11. The molecule has 0 saturated carbocycles. The topological polar surface area (TPSA) is 0 Å². The van der Waals surface area contributed by atoms with Crippen LogP contribution in [0.5, 0.6) is 0 Å². The summed E-state index contributed by atoms with van der Waals surface area (Å²) in [5.74, 6) is 0.398. The van der Waals surface area contributed by atoms with Crippen molar-refractivity contribution in [1.29, 1.82) is 0 Å². The summed E-state index contributed by atoms with van der Waals surface area (Å²) in [6.07, 6.45) is 0.804. The van der Waals surface area contributed by atoms with Gasteiger partial charge < -0.3 is 0 Å². The van der Waals surface area contributed by atoms with Crippen molar-refractivity contribution >= 4 is 15.9 Å². The molecule has 0 aliphatic carbocycles. The predicted octanol–water partition coefficient (Wildman–Crippen LogP) is 3.71. The molecule has 0 N–H and O–H groups in total. The average molecular weight is 245 g/mol. The van der Waals surface area contributed by atoms with Crippen molar-refractivity contribution in [3.63, 3.8) is 0 Å². The largest absolute Gasteiger partial charge is 0.207 e. The lowest BCUT2D eigenvalue weighted by atomic mass is 10.0. The Bertz CT molecular complexity index is 283. The Hall–Kier alpha value is -0.370. The molecular formula is C11H14BrF. The minimum atomic E-state index is -0.0848. The van der Waals surface area contributed by atoms with Gasteiger partial charge in [0.1, 0.15) is 5.82 Å². The highest BCUT2D eigenvalue weighted by molar-refractivity contribution is 9.09. The highest BCUT2D eigenvalue weighted by Gasteiger charge is 2.06. The van der Waals surface area contributed by atoms with Gasteiger partial charge in [-0.05, 0) is 30.9 Å². The van der Waals surface area contributed by atoms with Crippen LogP contribution in [-0.2, 0) is 6.42 Å². The maximum atomic E-state index is 13.3. The van der Waals surface area contributed by atoms with Crippen molar-refractivity contribution in [2.24, 2.45) is 5.92 Å². The quantitative estimate of drug-likeness (QED) is 0.712. The van der Waals surface area contributed by atoms with E-state index in [-0.39, 0.29) is 5.82 Å². The average Bonchev–Trinajstić information content (AvgIpc) is 2.11. The molecule has 1 unspecified atom stereocenters. The van der Waals surface area contributed by atoms with E-state index in [2.05, 4.69) is 22.9 Å².